The van der Waals surface area contributed by atoms with Crippen LogP contribution in [-0.2, 0) is 9.53 Å². The molecule has 0 aromatic rings. The van der Waals surface area contributed by atoms with Crippen molar-refractivity contribution >= 4 is 5.91 Å². The van der Waals surface area contributed by atoms with Gasteiger partial charge in [-0.2, -0.15) is 0 Å². The largest absolute Gasteiger partial charge is 0.378 e. The van der Waals surface area contributed by atoms with Gasteiger partial charge in [-0.25, -0.2) is 0 Å². The zero-order chi connectivity index (χ0) is 11.1. The minimum Gasteiger partial charge on any atom is -0.378 e. The van der Waals surface area contributed by atoms with Gasteiger partial charge in [0.05, 0.1) is 12.5 Å². The van der Waals surface area contributed by atoms with E-state index in [1.54, 1.807) is 0 Å². The lowest BCUT2D eigenvalue weighted by Crippen LogP contribution is -2.31. The van der Waals surface area contributed by atoms with Crippen molar-refractivity contribution in [2.75, 3.05) is 13.2 Å². The van der Waals surface area contributed by atoms with Crippen LogP contribution in [0.15, 0.2) is 0 Å². The summed E-state index contributed by atoms with van der Waals surface area (Å²) in [7, 11) is 0. The Kier molecular flexibility index (Phi) is 5.69. The van der Waals surface area contributed by atoms with E-state index in [1.807, 2.05) is 0 Å². The van der Waals surface area contributed by atoms with E-state index in [-0.39, 0.29) is 12.0 Å². The molecule has 0 radical (unpaired) electrons. The van der Waals surface area contributed by atoms with E-state index in [2.05, 4.69) is 19.2 Å². The van der Waals surface area contributed by atoms with Crippen molar-refractivity contribution in [3.05, 3.63) is 0 Å². The average molecular weight is 213 g/mol. The van der Waals surface area contributed by atoms with Crippen LogP contribution in [0.2, 0.25) is 0 Å². The highest BCUT2D eigenvalue weighted by molar-refractivity contribution is 5.76. The zero-order valence-electron chi connectivity index (χ0n) is 9.92. The van der Waals surface area contributed by atoms with Gasteiger partial charge in [0.1, 0.15) is 0 Å². The van der Waals surface area contributed by atoms with E-state index in [0.717, 1.165) is 32.4 Å². The standard InChI is InChI=1S/C12H23NO2/c1-10(2)6-7-13-12(14)9-11-5-3-4-8-15-11/h10-11H,3-9H2,1-2H3,(H,13,14). The van der Waals surface area contributed by atoms with Gasteiger partial charge in [0.15, 0.2) is 0 Å². The lowest BCUT2D eigenvalue weighted by molar-refractivity contribution is -0.124. The molecule has 1 unspecified atom stereocenters. The van der Waals surface area contributed by atoms with Gasteiger partial charge in [-0.15, -0.1) is 0 Å². The Bertz CT molecular complexity index is 186. The minimum absolute atomic E-state index is 0.141. The monoisotopic (exact) mass is 213 g/mol. The molecule has 3 heteroatoms. The molecule has 1 aliphatic heterocycles. The number of hydrogen-bond acceptors (Lipinski definition) is 2. The quantitative estimate of drug-likeness (QED) is 0.759. The van der Waals surface area contributed by atoms with Crippen LogP contribution in [0.4, 0.5) is 0 Å². The third kappa shape index (κ3) is 5.78. The van der Waals surface area contributed by atoms with Gasteiger partial charge in [-0.1, -0.05) is 13.8 Å². The van der Waals surface area contributed by atoms with Crippen LogP contribution in [0.1, 0.15) is 46.0 Å². The molecule has 3 nitrogen and oxygen atoms in total. The van der Waals surface area contributed by atoms with Gasteiger partial charge in [0.25, 0.3) is 0 Å². The fourth-order valence-electron chi connectivity index (χ4n) is 1.75. The van der Waals surface area contributed by atoms with Gasteiger partial charge in [-0.3, -0.25) is 4.79 Å². The number of carbonyl (C=O) groups is 1. The predicted molar refractivity (Wildman–Crippen MR) is 60.7 cm³/mol. The molecular weight excluding hydrogens is 190 g/mol. The molecule has 1 saturated heterocycles. The van der Waals surface area contributed by atoms with E-state index < -0.39 is 0 Å². The molecule has 1 heterocycles. The molecule has 1 atom stereocenters. The van der Waals surface area contributed by atoms with Crippen LogP contribution in [0.25, 0.3) is 0 Å². The second-order valence-corrected chi connectivity index (χ2v) is 4.73. The van der Waals surface area contributed by atoms with Gasteiger partial charge in [0.2, 0.25) is 5.91 Å². The summed E-state index contributed by atoms with van der Waals surface area (Å²) in [6.45, 7) is 5.94. The molecule has 1 aliphatic rings. The molecule has 1 amide bonds. The summed E-state index contributed by atoms with van der Waals surface area (Å²) >= 11 is 0. The van der Waals surface area contributed by atoms with E-state index in [0.29, 0.717) is 12.3 Å². The minimum atomic E-state index is 0.141. The van der Waals surface area contributed by atoms with Crippen LogP contribution < -0.4 is 5.32 Å². The van der Waals surface area contributed by atoms with Crippen LogP contribution in [0.5, 0.6) is 0 Å². The second-order valence-electron chi connectivity index (χ2n) is 4.73. The van der Waals surface area contributed by atoms with Crippen LogP contribution in [-0.4, -0.2) is 25.2 Å². The van der Waals surface area contributed by atoms with E-state index in [9.17, 15) is 4.79 Å². The molecule has 1 rings (SSSR count). The van der Waals surface area contributed by atoms with E-state index in [4.69, 9.17) is 4.74 Å². The molecular formula is C12H23NO2. The summed E-state index contributed by atoms with van der Waals surface area (Å²) in [6.07, 6.45) is 5.14. The lowest BCUT2D eigenvalue weighted by Gasteiger charge is -2.22. The smallest absolute Gasteiger partial charge is 0.222 e. The summed E-state index contributed by atoms with van der Waals surface area (Å²) in [5.41, 5.74) is 0. The SMILES string of the molecule is CC(C)CCNC(=O)CC1CCCCO1. The van der Waals surface area contributed by atoms with Gasteiger partial charge < -0.3 is 10.1 Å². The Morgan fingerprint density at radius 2 is 2.27 bits per heavy atom. The van der Waals surface area contributed by atoms with Gasteiger partial charge in [-0.05, 0) is 31.6 Å². The van der Waals surface area contributed by atoms with Crippen molar-refractivity contribution in [3.8, 4) is 0 Å². The number of amides is 1. The maximum absolute atomic E-state index is 11.5. The van der Waals surface area contributed by atoms with Crippen molar-refractivity contribution in [1.82, 2.24) is 5.32 Å². The summed E-state index contributed by atoms with van der Waals surface area (Å²) in [5, 5.41) is 2.94. The molecule has 1 N–H and O–H groups in total. The maximum atomic E-state index is 11.5. The summed E-state index contributed by atoms with van der Waals surface area (Å²) < 4.78 is 5.52. The molecule has 15 heavy (non-hydrogen) atoms. The van der Waals surface area contributed by atoms with Crippen molar-refractivity contribution in [2.45, 2.75) is 52.1 Å². The molecule has 88 valence electrons. The van der Waals surface area contributed by atoms with Crippen molar-refractivity contribution in [3.63, 3.8) is 0 Å². The molecule has 0 aliphatic carbocycles. The Morgan fingerprint density at radius 1 is 1.47 bits per heavy atom. The van der Waals surface area contributed by atoms with Gasteiger partial charge in [0, 0.05) is 13.2 Å². The van der Waals surface area contributed by atoms with Crippen molar-refractivity contribution < 1.29 is 9.53 Å². The van der Waals surface area contributed by atoms with Crippen molar-refractivity contribution in [2.24, 2.45) is 5.92 Å². The number of rotatable bonds is 5. The van der Waals surface area contributed by atoms with Crippen molar-refractivity contribution in [1.29, 1.82) is 0 Å². The zero-order valence-corrected chi connectivity index (χ0v) is 9.92. The molecule has 0 aromatic heterocycles. The first-order valence-electron chi connectivity index (χ1n) is 6.07. The number of ether oxygens (including phenoxy) is 1. The Balaban J connectivity index is 2.06. The maximum Gasteiger partial charge on any atom is 0.222 e. The highest BCUT2D eigenvalue weighted by Gasteiger charge is 2.17. The Labute approximate surface area is 92.6 Å². The summed E-state index contributed by atoms with van der Waals surface area (Å²) in [4.78, 5) is 11.5. The number of nitrogens with one attached hydrogen (secondary N) is 1. The lowest BCUT2D eigenvalue weighted by atomic mass is 10.1. The normalized spacial score (nSPS) is 21.7. The highest BCUT2D eigenvalue weighted by Crippen LogP contribution is 2.15. The molecule has 1 fully saturated rings. The number of carbonyl (C=O) groups excluding carboxylic acids is 1. The summed E-state index contributed by atoms with van der Waals surface area (Å²) in [6, 6.07) is 0. The second kappa shape index (κ2) is 6.83. The summed E-state index contributed by atoms with van der Waals surface area (Å²) in [5.74, 6) is 0.791. The highest BCUT2D eigenvalue weighted by atomic mass is 16.5. The first-order valence-corrected chi connectivity index (χ1v) is 6.07. The van der Waals surface area contributed by atoms with Crippen LogP contribution >= 0.6 is 0 Å². The first kappa shape index (κ1) is 12.5. The predicted octanol–water partition coefficient (Wildman–Crippen LogP) is 2.11. The Morgan fingerprint density at radius 3 is 2.87 bits per heavy atom. The Hall–Kier alpha value is -0.570. The van der Waals surface area contributed by atoms with Gasteiger partial charge >= 0.3 is 0 Å². The third-order valence-corrected chi connectivity index (χ3v) is 2.73. The van der Waals surface area contributed by atoms with E-state index in [1.165, 1.54) is 6.42 Å². The van der Waals surface area contributed by atoms with Crippen LogP contribution in [0, 0.1) is 5.92 Å². The number of hydrogen-bond donors (Lipinski definition) is 1. The third-order valence-electron chi connectivity index (χ3n) is 2.73. The molecule has 0 aromatic carbocycles. The molecule has 0 bridgehead atoms. The molecule has 0 spiro atoms. The topological polar surface area (TPSA) is 38.3 Å². The average Bonchev–Trinajstić information content (AvgIpc) is 2.18. The fourth-order valence-corrected chi connectivity index (χ4v) is 1.75. The fraction of sp³-hybridized carbons (Fsp3) is 0.917. The van der Waals surface area contributed by atoms with E-state index >= 15 is 0 Å². The van der Waals surface area contributed by atoms with Crippen LogP contribution in [0.3, 0.4) is 0 Å². The molecule has 0 saturated carbocycles. The first-order chi connectivity index (χ1) is 7.18.